The molecule has 8 nitrogen and oxygen atoms in total. The Morgan fingerprint density at radius 1 is 1.12 bits per heavy atom. The minimum absolute atomic E-state index is 0.359. The summed E-state index contributed by atoms with van der Waals surface area (Å²) in [4.78, 5) is 26.1. The van der Waals surface area contributed by atoms with Crippen molar-refractivity contribution in [1.82, 2.24) is 9.78 Å². The van der Waals surface area contributed by atoms with Crippen LogP contribution in [0.1, 0.15) is 15.4 Å². The molecule has 2 aromatic heterocycles. The summed E-state index contributed by atoms with van der Waals surface area (Å²) < 4.78 is 17.3. The molecule has 0 fully saturated rings. The van der Waals surface area contributed by atoms with Crippen LogP contribution in [0.3, 0.4) is 0 Å². The number of hydrogen-bond acceptors (Lipinski definition) is 7. The van der Waals surface area contributed by atoms with E-state index in [4.69, 9.17) is 25.8 Å². The molecule has 1 amide bonds. The second-order valence-corrected chi connectivity index (χ2v) is 8.41. The van der Waals surface area contributed by atoms with E-state index >= 15 is 0 Å². The maximum atomic E-state index is 12.6. The normalized spacial score (nSPS) is 10.8. The molecular weight excluding hydrogens is 466 g/mol. The van der Waals surface area contributed by atoms with E-state index in [0.29, 0.717) is 32.8 Å². The molecule has 4 rings (SSSR count). The molecule has 2 aromatic carbocycles. The van der Waals surface area contributed by atoms with Crippen LogP contribution < -0.4 is 14.8 Å². The number of esters is 1. The maximum absolute atomic E-state index is 12.6. The van der Waals surface area contributed by atoms with E-state index in [1.807, 2.05) is 25.1 Å². The number of rotatable bonds is 7. The Morgan fingerprint density at radius 3 is 2.64 bits per heavy atom. The Morgan fingerprint density at radius 2 is 1.91 bits per heavy atom. The van der Waals surface area contributed by atoms with Gasteiger partial charge in [-0.25, -0.2) is 9.48 Å². The second kappa shape index (κ2) is 9.51. The predicted molar refractivity (Wildman–Crippen MR) is 127 cm³/mol. The Kier molecular flexibility index (Phi) is 6.52. The zero-order valence-corrected chi connectivity index (χ0v) is 19.6. The fourth-order valence-corrected chi connectivity index (χ4v) is 4.52. The van der Waals surface area contributed by atoms with Gasteiger partial charge in [-0.1, -0.05) is 23.7 Å². The van der Waals surface area contributed by atoms with E-state index in [-0.39, 0.29) is 0 Å². The first-order valence-electron chi connectivity index (χ1n) is 9.84. The average molecular weight is 486 g/mol. The molecular formula is C23H20ClN3O5S. The number of nitrogens with one attached hydrogen (secondary N) is 1. The third-order valence-corrected chi connectivity index (χ3v) is 6.25. The summed E-state index contributed by atoms with van der Waals surface area (Å²) in [6.07, 6.45) is 0. The number of anilines is 1. The smallest absolute Gasteiger partial charge is 0.348 e. The van der Waals surface area contributed by atoms with E-state index in [1.165, 1.54) is 25.6 Å². The number of aryl methyl sites for hydroxylation is 1. The second-order valence-electron chi connectivity index (χ2n) is 6.97. The molecule has 0 saturated heterocycles. The highest BCUT2D eigenvalue weighted by Gasteiger charge is 2.20. The van der Waals surface area contributed by atoms with Crippen molar-refractivity contribution >= 4 is 50.7 Å². The first-order valence-corrected chi connectivity index (χ1v) is 11.0. The van der Waals surface area contributed by atoms with Gasteiger partial charge in [0.15, 0.2) is 6.61 Å². The Bertz CT molecular complexity index is 1350. The van der Waals surface area contributed by atoms with Gasteiger partial charge in [-0.15, -0.1) is 11.3 Å². The van der Waals surface area contributed by atoms with E-state index in [1.54, 1.807) is 35.0 Å². The molecule has 0 aliphatic carbocycles. The number of para-hydroxylation sites is 1. The molecule has 0 radical (unpaired) electrons. The van der Waals surface area contributed by atoms with Crippen molar-refractivity contribution in [2.24, 2.45) is 0 Å². The summed E-state index contributed by atoms with van der Waals surface area (Å²) in [6, 6.07) is 14.0. The summed E-state index contributed by atoms with van der Waals surface area (Å²) in [5, 5.41) is 8.56. The van der Waals surface area contributed by atoms with E-state index in [2.05, 4.69) is 10.4 Å². The van der Waals surface area contributed by atoms with Gasteiger partial charge in [-0.2, -0.15) is 5.10 Å². The van der Waals surface area contributed by atoms with Crippen LogP contribution in [-0.4, -0.2) is 42.5 Å². The molecule has 0 saturated carbocycles. The minimum Gasteiger partial charge on any atom is -0.497 e. The Hall–Kier alpha value is -3.56. The lowest BCUT2D eigenvalue weighted by molar-refractivity contribution is -0.119. The number of carbonyl (C=O) groups excluding carboxylic acids is 2. The van der Waals surface area contributed by atoms with Crippen LogP contribution in [0, 0.1) is 6.92 Å². The van der Waals surface area contributed by atoms with Gasteiger partial charge in [0, 0.05) is 11.5 Å². The number of fused-ring (bicyclic) bond motifs is 1. The summed E-state index contributed by atoms with van der Waals surface area (Å²) in [6.45, 7) is 1.40. The molecule has 0 atom stereocenters. The van der Waals surface area contributed by atoms with Crippen LogP contribution in [0.2, 0.25) is 5.02 Å². The topological polar surface area (TPSA) is 91.7 Å². The maximum Gasteiger partial charge on any atom is 0.348 e. The monoisotopic (exact) mass is 485 g/mol. The minimum atomic E-state index is -0.603. The number of thiophene rings is 1. The van der Waals surface area contributed by atoms with Crippen LogP contribution >= 0.6 is 22.9 Å². The molecule has 2 heterocycles. The Balaban J connectivity index is 1.48. The van der Waals surface area contributed by atoms with Gasteiger partial charge < -0.3 is 19.5 Å². The number of benzene rings is 2. The van der Waals surface area contributed by atoms with Crippen molar-refractivity contribution in [3.8, 4) is 17.2 Å². The zero-order valence-electron chi connectivity index (χ0n) is 18.0. The lowest BCUT2D eigenvalue weighted by Gasteiger charge is -2.11. The van der Waals surface area contributed by atoms with Gasteiger partial charge in [-0.3, -0.25) is 4.79 Å². The van der Waals surface area contributed by atoms with Crippen molar-refractivity contribution < 1.29 is 23.8 Å². The van der Waals surface area contributed by atoms with Gasteiger partial charge in [0.2, 0.25) is 0 Å². The summed E-state index contributed by atoms with van der Waals surface area (Å²) >= 11 is 7.54. The number of nitrogens with zero attached hydrogens (tertiary/aromatic N) is 2. The third-order valence-electron chi connectivity index (χ3n) is 4.84. The lowest BCUT2D eigenvalue weighted by atomic mass is 10.2. The number of halogens is 1. The number of amides is 1. The Labute approximate surface area is 198 Å². The van der Waals surface area contributed by atoms with Crippen LogP contribution in [0.5, 0.6) is 11.5 Å². The molecule has 170 valence electrons. The number of ether oxygens (including phenoxy) is 3. The number of hydrogen-bond donors (Lipinski definition) is 1. The fourth-order valence-electron chi connectivity index (χ4n) is 3.23. The highest BCUT2D eigenvalue weighted by Crippen LogP contribution is 2.33. The molecule has 0 aliphatic rings. The quantitative estimate of drug-likeness (QED) is 0.376. The van der Waals surface area contributed by atoms with Crippen molar-refractivity contribution in [2.75, 3.05) is 26.1 Å². The first-order chi connectivity index (χ1) is 15.9. The van der Waals surface area contributed by atoms with Gasteiger partial charge in [0.25, 0.3) is 5.91 Å². The zero-order chi connectivity index (χ0) is 23.5. The van der Waals surface area contributed by atoms with Crippen LogP contribution in [0.4, 0.5) is 5.69 Å². The van der Waals surface area contributed by atoms with Crippen LogP contribution in [0.25, 0.3) is 15.9 Å². The first kappa shape index (κ1) is 22.6. The molecule has 0 spiro atoms. The molecule has 10 heteroatoms. The summed E-state index contributed by atoms with van der Waals surface area (Å²) in [5.74, 6) is -0.0978. The van der Waals surface area contributed by atoms with Crippen LogP contribution in [-0.2, 0) is 9.53 Å². The highest BCUT2D eigenvalue weighted by molar-refractivity contribution is 7.20. The molecule has 1 N–H and O–H groups in total. The van der Waals surface area contributed by atoms with Crippen molar-refractivity contribution in [3.63, 3.8) is 0 Å². The SMILES string of the molecule is COc1ccc(OC)c(NC(=O)COC(=O)c2cc3c(C)nn(-c4ccccc4Cl)c3s2)c1. The fraction of sp³-hybridized carbons (Fsp3) is 0.174. The average Bonchev–Trinajstić information content (AvgIpc) is 3.38. The molecule has 0 aliphatic heterocycles. The van der Waals surface area contributed by atoms with Gasteiger partial charge in [0.05, 0.1) is 36.3 Å². The number of carbonyl (C=O) groups is 2. The van der Waals surface area contributed by atoms with E-state index in [0.717, 1.165) is 15.9 Å². The van der Waals surface area contributed by atoms with Crippen molar-refractivity contribution in [1.29, 1.82) is 0 Å². The highest BCUT2D eigenvalue weighted by atomic mass is 35.5. The van der Waals surface area contributed by atoms with Gasteiger partial charge >= 0.3 is 5.97 Å². The third kappa shape index (κ3) is 4.64. The van der Waals surface area contributed by atoms with Gasteiger partial charge in [0.1, 0.15) is 21.2 Å². The number of methoxy groups -OCH3 is 2. The largest absolute Gasteiger partial charge is 0.497 e. The predicted octanol–water partition coefficient (Wildman–Crippen LogP) is 4.86. The number of aromatic nitrogens is 2. The summed E-state index contributed by atoms with van der Waals surface area (Å²) in [5.41, 5.74) is 1.88. The van der Waals surface area contributed by atoms with Crippen LogP contribution in [0.15, 0.2) is 48.5 Å². The molecule has 4 aromatic rings. The molecule has 33 heavy (non-hydrogen) atoms. The summed E-state index contributed by atoms with van der Waals surface area (Å²) in [7, 11) is 3.01. The lowest BCUT2D eigenvalue weighted by Crippen LogP contribution is -2.21. The van der Waals surface area contributed by atoms with Crippen molar-refractivity contribution in [2.45, 2.75) is 6.92 Å². The van der Waals surface area contributed by atoms with E-state index in [9.17, 15) is 9.59 Å². The van der Waals surface area contributed by atoms with E-state index < -0.39 is 18.5 Å². The molecule has 0 bridgehead atoms. The van der Waals surface area contributed by atoms with Gasteiger partial charge in [-0.05, 0) is 37.3 Å². The van der Waals surface area contributed by atoms with Crippen molar-refractivity contribution in [3.05, 3.63) is 64.1 Å². The molecule has 0 unspecified atom stereocenters. The standard InChI is InChI=1S/C23H20ClN3O5S/c1-13-15-11-20(33-22(15)27(26-13)18-7-5-4-6-16(18)24)23(29)32-12-21(28)25-17-10-14(30-2)8-9-19(17)31-3/h4-11H,12H2,1-3H3,(H,25,28).